The van der Waals surface area contributed by atoms with Crippen molar-refractivity contribution in [2.24, 2.45) is 0 Å². The Labute approximate surface area is 115 Å². The molecule has 0 aliphatic rings. The Morgan fingerprint density at radius 3 is 2.30 bits per heavy atom. The molecular weight excluding hydrogens is 286 g/mol. The minimum absolute atomic E-state index is 0.290. The largest absolute Gasteiger partial charge is 0.379 e. The molecule has 3 nitrogen and oxygen atoms in total. The van der Waals surface area contributed by atoms with Gasteiger partial charge in [-0.3, -0.25) is 0 Å². The first-order valence-corrected chi connectivity index (χ1v) is 7.06. The molecule has 0 bridgehead atoms. The monoisotopic (exact) mass is 296 g/mol. The van der Waals surface area contributed by atoms with Crippen LogP contribution in [0.15, 0.2) is 53.9 Å². The van der Waals surface area contributed by atoms with Gasteiger partial charge in [-0.1, -0.05) is 30.3 Å². The Balaban J connectivity index is 2.15. The summed E-state index contributed by atoms with van der Waals surface area (Å²) in [7, 11) is -4.03. The summed E-state index contributed by atoms with van der Waals surface area (Å²) in [6, 6.07) is 11.2. The first kappa shape index (κ1) is 14.2. The van der Waals surface area contributed by atoms with Crippen molar-refractivity contribution in [1.82, 2.24) is 0 Å². The van der Waals surface area contributed by atoms with Crippen LogP contribution in [0.4, 0.5) is 8.78 Å². The number of halogens is 2. The van der Waals surface area contributed by atoms with Crippen LogP contribution in [0.3, 0.4) is 0 Å². The van der Waals surface area contributed by atoms with Gasteiger partial charge in [0.2, 0.25) is 0 Å². The summed E-state index contributed by atoms with van der Waals surface area (Å²) in [6.07, 6.45) is 1.34. The van der Waals surface area contributed by atoms with Crippen LogP contribution in [0.5, 0.6) is 5.75 Å². The zero-order chi connectivity index (χ0) is 14.6. The van der Waals surface area contributed by atoms with Crippen molar-refractivity contribution in [2.75, 3.05) is 0 Å². The van der Waals surface area contributed by atoms with Crippen LogP contribution in [0.25, 0.3) is 6.08 Å². The second kappa shape index (κ2) is 5.83. The van der Waals surface area contributed by atoms with Crippen LogP contribution in [0, 0.1) is 11.6 Å². The van der Waals surface area contributed by atoms with E-state index in [1.807, 2.05) is 0 Å². The molecule has 0 aliphatic heterocycles. The van der Waals surface area contributed by atoms with Gasteiger partial charge >= 0.3 is 10.1 Å². The molecule has 104 valence electrons. The summed E-state index contributed by atoms with van der Waals surface area (Å²) in [6.45, 7) is 0. The molecule has 0 saturated heterocycles. The van der Waals surface area contributed by atoms with Crippen LogP contribution in [0.2, 0.25) is 0 Å². The predicted molar refractivity (Wildman–Crippen MR) is 71.4 cm³/mol. The SMILES string of the molecule is O=S(=O)(/C=C/c1ccccc1)Oc1ccc(F)c(F)c1. The highest BCUT2D eigenvalue weighted by Crippen LogP contribution is 2.18. The normalized spacial score (nSPS) is 11.7. The second-order valence-corrected chi connectivity index (χ2v) is 5.29. The summed E-state index contributed by atoms with van der Waals surface area (Å²) in [5.41, 5.74) is 0.671. The van der Waals surface area contributed by atoms with E-state index in [9.17, 15) is 17.2 Å². The van der Waals surface area contributed by atoms with E-state index in [0.717, 1.165) is 17.5 Å². The molecule has 6 heteroatoms. The van der Waals surface area contributed by atoms with E-state index in [0.29, 0.717) is 11.6 Å². The predicted octanol–water partition coefficient (Wildman–Crippen LogP) is 3.34. The lowest BCUT2D eigenvalue weighted by Crippen LogP contribution is -2.05. The third kappa shape index (κ3) is 3.89. The maximum absolute atomic E-state index is 12.9. The van der Waals surface area contributed by atoms with Gasteiger partial charge in [0.25, 0.3) is 0 Å². The lowest BCUT2D eigenvalue weighted by Gasteiger charge is -2.03. The third-order valence-corrected chi connectivity index (χ3v) is 3.22. The molecule has 2 aromatic rings. The van der Waals surface area contributed by atoms with Crippen molar-refractivity contribution in [2.45, 2.75) is 0 Å². The highest BCUT2D eigenvalue weighted by Gasteiger charge is 2.10. The highest BCUT2D eigenvalue weighted by atomic mass is 32.2. The van der Waals surface area contributed by atoms with Crippen LogP contribution >= 0.6 is 0 Å². The Morgan fingerprint density at radius 2 is 1.65 bits per heavy atom. The molecule has 0 aliphatic carbocycles. The molecule has 0 fully saturated rings. The maximum atomic E-state index is 12.9. The quantitative estimate of drug-likeness (QED) is 0.813. The zero-order valence-corrected chi connectivity index (χ0v) is 11.0. The van der Waals surface area contributed by atoms with Crippen LogP contribution in [-0.4, -0.2) is 8.42 Å². The van der Waals surface area contributed by atoms with Gasteiger partial charge in [-0.25, -0.2) is 8.78 Å². The Hall–Kier alpha value is -2.21. The molecule has 0 radical (unpaired) electrons. The average Bonchev–Trinajstić information content (AvgIpc) is 2.42. The van der Waals surface area contributed by atoms with Crippen molar-refractivity contribution in [3.8, 4) is 5.75 Å². The molecule has 0 atom stereocenters. The van der Waals surface area contributed by atoms with Crippen molar-refractivity contribution in [3.63, 3.8) is 0 Å². The smallest absolute Gasteiger partial charge is 0.332 e. The number of benzene rings is 2. The fraction of sp³-hybridized carbons (Fsp3) is 0. The minimum atomic E-state index is -4.03. The maximum Gasteiger partial charge on any atom is 0.332 e. The van der Waals surface area contributed by atoms with E-state index in [1.54, 1.807) is 30.3 Å². The molecule has 2 aromatic carbocycles. The van der Waals surface area contributed by atoms with Gasteiger partial charge in [-0.15, -0.1) is 0 Å². The van der Waals surface area contributed by atoms with Gasteiger partial charge in [0, 0.05) is 6.07 Å². The second-order valence-electron chi connectivity index (χ2n) is 3.87. The van der Waals surface area contributed by atoms with Gasteiger partial charge < -0.3 is 4.18 Å². The Bertz CT molecular complexity index is 725. The molecule has 20 heavy (non-hydrogen) atoms. The van der Waals surface area contributed by atoms with Crippen LogP contribution < -0.4 is 4.18 Å². The summed E-state index contributed by atoms with van der Waals surface area (Å²) < 4.78 is 53.6. The van der Waals surface area contributed by atoms with E-state index >= 15 is 0 Å². The lowest BCUT2D eigenvalue weighted by atomic mass is 10.2. The van der Waals surface area contributed by atoms with E-state index in [1.165, 1.54) is 6.08 Å². The molecule has 0 unspecified atom stereocenters. The molecule has 0 heterocycles. The average molecular weight is 296 g/mol. The first-order valence-electron chi connectivity index (χ1n) is 5.59. The fourth-order valence-electron chi connectivity index (χ4n) is 1.42. The number of rotatable bonds is 4. The molecule has 0 spiro atoms. The Kier molecular flexibility index (Phi) is 4.14. The van der Waals surface area contributed by atoms with Gasteiger partial charge in [-0.2, -0.15) is 8.42 Å². The Morgan fingerprint density at radius 1 is 0.950 bits per heavy atom. The van der Waals surface area contributed by atoms with E-state index in [4.69, 9.17) is 0 Å². The summed E-state index contributed by atoms with van der Waals surface area (Å²) in [4.78, 5) is 0. The van der Waals surface area contributed by atoms with E-state index in [-0.39, 0.29) is 5.75 Å². The molecule has 0 aromatic heterocycles. The molecule has 0 N–H and O–H groups in total. The van der Waals surface area contributed by atoms with E-state index in [2.05, 4.69) is 4.18 Å². The molecule has 2 rings (SSSR count). The molecule has 0 amide bonds. The van der Waals surface area contributed by atoms with Crippen LogP contribution in [0.1, 0.15) is 5.56 Å². The topological polar surface area (TPSA) is 43.4 Å². The minimum Gasteiger partial charge on any atom is -0.379 e. The van der Waals surface area contributed by atoms with Crippen molar-refractivity contribution in [1.29, 1.82) is 0 Å². The van der Waals surface area contributed by atoms with Crippen molar-refractivity contribution >= 4 is 16.2 Å². The van der Waals surface area contributed by atoms with Gasteiger partial charge in [0.1, 0.15) is 5.75 Å². The summed E-state index contributed by atoms with van der Waals surface area (Å²) in [5.74, 6) is -2.54. The summed E-state index contributed by atoms with van der Waals surface area (Å²) >= 11 is 0. The lowest BCUT2D eigenvalue weighted by molar-refractivity contribution is 0.479. The van der Waals surface area contributed by atoms with Gasteiger partial charge in [0.05, 0.1) is 5.41 Å². The molecular formula is C14H10F2O3S. The zero-order valence-electron chi connectivity index (χ0n) is 10.2. The van der Waals surface area contributed by atoms with Crippen molar-refractivity contribution < 1.29 is 21.4 Å². The van der Waals surface area contributed by atoms with Gasteiger partial charge in [-0.05, 0) is 23.8 Å². The van der Waals surface area contributed by atoms with Gasteiger partial charge in [0.15, 0.2) is 11.6 Å². The number of hydrogen-bond donors (Lipinski definition) is 0. The highest BCUT2D eigenvalue weighted by molar-refractivity contribution is 7.90. The third-order valence-electron chi connectivity index (χ3n) is 2.33. The number of hydrogen-bond acceptors (Lipinski definition) is 3. The first-order chi connectivity index (χ1) is 9.46. The fourth-order valence-corrected chi connectivity index (χ4v) is 2.17. The van der Waals surface area contributed by atoms with E-state index < -0.39 is 21.8 Å². The standard InChI is InChI=1S/C14H10F2O3S/c15-13-7-6-12(10-14(13)16)19-20(17,18)9-8-11-4-2-1-3-5-11/h1-10H/b9-8+. The molecule has 0 saturated carbocycles. The van der Waals surface area contributed by atoms with Crippen molar-refractivity contribution in [3.05, 3.63) is 71.1 Å². The summed E-state index contributed by atoms with van der Waals surface area (Å²) in [5, 5.41) is 0.851. The van der Waals surface area contributed by atoms with Crippen LogP contribution in [-0.2, 0) is 10.1 Å².